The van der Waals surface area contributed by atoms with Gasteiger partial charge in [0, 0.05) is 65.2 Å². The molecule has 260 valence electrons. The zero-order valence-corrected chi connectivity index (χ0v) is 31.5. The molecule has 0 fully saturated rings. The van der Waals surface area contributed by atoms with Crippen molar-refractivity contribution in [3.63, 3.8) is 0 Å². The topological polar surface area (TPSA) is 19.7 Å². The van der Waals surface area contributed by atoms with Crippen molar-refractivity contribution < 1.29 is 0 Å². The van der Waals surface area contributed by atoms with Crippen LogP contribution in [0, 0.1) is 0 Å². The number of nitrogens with zero attached hydrogens (tertiary/aromatic N) is 4. The van der Waals surface area contributed by atoms with Gasteiger partial charge in [-0.3, -0.25) is 0 Å². The van der Waals surface area contributed by atoms with Crippen molar-refractivity contribution in [3.05, 3.63) is 170 Å². The number of aromatic nitrogens is 4. The molecule has 10 aromatic carbocycles. The zero-order valence-electron chi connectivity index (χ0n) is 30.5. The molecule has 0 saturated heterocycles. The van der Waals surface area contributed by atoms with E-state index in [-0.39, 0.29) is 0 Å². The molecule has 0 aliphatic carbocycles. The van der Waals surface area contributed by atoms with Crippen LogP contribution < -0.4 is 0 Å². The second-order valence-electron chi connectivity index (χ2n) is 16.5. The summed E-state index contributed by atoms with van der Waals surface area (Å²) in [7, 11) is -3.41. The first-order valence-electron chi connectivity index (χ1n) is 19.9. The lowest BCUT2D eigenvalue weighted by Crippen LogP contribution is -2.59. The monoisotopic (exact) mass is 736 g/mol. The number of hydrogen-bond acceptors (Lipinski definition) is 0. The van der Waals surface area contributed by atoms with Crippen LogP contribution in [0.15, 0.2) is 170 Å². The molecule has 0 atom stereocenters. The molecule has 0 radical (unpaired) electrons. The Labute approximate surface area is 324 Å². The Morgan fingerprint density at radius 3 is 0.667 bits per heavy atom. The van der Waals surface area contributed by atoms with Crippen LogP contribution in [0.4, 0.5) is 0 Å². The highest BCUT2D eigenvalue weighted by molar-refractivity contribution is 6.84. The Hall–Kier alpha value is -7.34. The summed E-state index contributed by atoms with van der Waals surface area (Å²) >= 11 is 0. The van der Waals surface area contributed by atoms with Crippen molar-refractivity contribution in [3.8, 4) is 0 Å². The van der Waals surface area contributed by atoms with Crippen LogP contribution in [-0.2, 0) is 0 Å². The molecule has 14 aromatic rings. The van der Waals surface area contributed by atoms with E-state index in [2.05, 4.69) is 187 Å². The zero-order chi connectivity index (χ0) is 36.5. The highest BCUT2D eigenvalue weighted by Gasteiger charge is 2.59. The summed E-state index contributed by atoms with van der Waals surface area (Å²) in [4.78, 5) is 0. The summed E-state index contributed by atoms with van der Waals surface area (Å²) in [6, 6.07) is 65.1. The summed E-state index contributed by atoms with van der Waals surface area (Å²) < 4.78 is 11.5. The van der Waals surface area contributed by atoms with Crippen molar-refractivity contribution in [2.24, 2.45) is 0 Å². The molecule has 4 aromatic heterocycles. The van der Waals surface area contributed by atoms with E-state index in [1.807, 2.05) is 0 Å². The molecule has 5 heteroatoms. The van der Waals surface area contributed by atoms with Gasteiger partial charge < -0.3 is 16.9 Å². The van der Waals surface area contributed by atoms with Crippen LogP contribution in [0.3, 0.4) is 0 Å². The Balaban J connectivity index is 1.26. The van der Waals surface area contributed by atoms with Crippen LogP contribution in [0.25, 0.3) is 130 Å². The van der Waals surface area contributed by atoms with Gasteiger partial charge >= 0.3 is 8.72 Å². The predicted molar refractivity (Wildman–Crippen MR) is 242 cm³/mol. The van der Waals surface area contributed by atoms with Gasteiger partial charge in [-0.05, 0) is 91.6 Å². The second kappa shape index (κ2) is 9.02. The summed E-state index contributed by atoms with van der Waals surface area (Å²) in [5, 5.41) is 20.8. The fourth-order valence-electron chi connectivity index (χ4n) is 11.8. The fourth-order valence-corrected chi connectivity index (χ4v) is 17.1. The van der Waals surface area contributed by atoms with Gasteiger partial charge in [-0.1, -0.05) is 121 Å². The van der Waals surface area contributed by atoms with Gasteiger partial charge in [0.05, 0.1) is 22.1 Å². The Morgan fingerprint density at radius 1 is 0.228 bits per heavy atom. The quantitative estimate of drug-likeness (QED) is 0.138. The van der Waals surface area contributed by atoms with Gasteiger partial charge in [0.2, 0.25) is 0 Å². The molecule has 57 heavy (non-hydrogen) atoms. The molecule has 16 rings (SSSR count). The number of benzene rings is 10. The third kappa shape index (κ3) is 2.91. The van der Waals surface area contributed by atoms with E-state index in [1.165, 1.54) is 130 Å². The van der Waals surface area contributed by atoms with Gasteiger partial charge in [-0.2, -0.15) is 0 Å². The first-order valence-corrected chi connectivity index (χ1v) is 21.7. The molecule has 6 heterocycles. The molecule has 2 aliphatic heterocycles. The average Bonchev–Trinajstić information content (AvgIpc) is 4.07. The standard InChI is InChI=1S/C52H28N4Si/c1-5-13-33-25-45-41(21-29(33)9-1)37-17-18-38-42-22-30-10-2-6-14-34(30)26-46(42)54-50(38)49(37)53(45)57(54)55-47-27-35-15-7-3-11-31(35)23-43(47)39-19-20-40-44-24-32-12-4-8-16-36(32)28-48(44)56(57)52(40)51(39)55/h1-28H. The minimum absolute atomic E-state index is 1.27. The maximum atomic E-state index is 2.88. The Kier molecular flexibility index (Phi) is 4.45. The highest BCUT2D eigenvalue weighted by Crippen LogP contribution is 2.55. The minimum Gasteiger partial charge on any atom is -0.312 e. The van der Waals surface area contributed by atoms with Crippen molar-refractivity contribution >= 4 is 139 Å². The molecule has 0 N–H and O–H groups in total. The molecule has 2 aliphatic rings. The van der Waals surface area contributed by atoms with Gasteiger partial charge in [-0.15, -0.1) is 0 Å². The van der Waals surface area contributed by atoms with E-state index in [4.69, 9.17) is 0 Å². The molecular formula is C52H28N4Si. The normalized spacial score (nSPS) is 14.5. The van der Waals surface area contributed by atoms with Crippen LogP contribution in [-0.4, -0.2) is 25.7 Å². The maximum absolute atomic E-state index is 3.41. The van der Waals surface area contributed by atoms with Crippen molar-refractivity contribution in [2.75, 3.05) is 0 Å². The largest absolute Gasteiger partial charge is 0.522 e. The molecule has 1 spiro atoms. The van der Waals surface area contributed by atoms with E-state index in [0.717, 1.165) is 0 Å². The van der Waals surface area contributed by atoms with Crippen molar-refractivity contribution in [2.45, 2.75) is 0 Å². The first kappa shape index (κ1) is 28.1. The lowest BCUT2D eigenvalue weighted by atomic mass is 10.0. The molecule has 0 bridgehead atoms. The Bertz CT molecular complexity index is 3730. The van der Waals surface area contributed by atoms with E-state index in [9.17, 15) is 0 Å². The average molecular weight is 737 g/mol. The lowest BCUT2D eigenvalue weighted by Gasteiger charge is -2.33. The van der Waals surface area contributed by atoms with Gasteiger partial charge in [-0.25, -0.2) is 0 Å². The van der Waals surface area contributed by atoms with Crippen molar-refractivity contribution in [1.29, 1.82) is 0 Å². The maximum Gasteiger partial charge on any atom is 0.522 e. The summed E-state index contributed by atoms with van der Waals surface area (Å²) in [5.74, 6) is 0. The summed E-state index contributed by atoms with van der Waals surface area (Å²) in [6.07, 6.45) is 0. The van der Waals surface area contributed by atoms with Crippen LogP contribution in [0.1, 0.15) is 0 Å². The molecule has 0 amide bonds. The number of fused-ring (bicyclic) bond motifs is 20. The van der Waals surface area contributed by atoms with Gasteiger partial charge in [0.1, 0.15) is 0 Å². The van der Waals surface area contributed by atoms with Gasteiger partial charge in [0.25, 0.3) is 0 Å². The predicted octanol–water partition coefficient (Wildman–Crippen LogP) is 13.3. The third-order valence-electron chi connectivity index (χ3n) is 14.0. The Morgan fingerprint density at radius 2 is 0.439 bits per heavy atom. The summed E-state index contributed by atoms with van der Waals surface area (Å²) in [5.41, 5.74) is 10.6. The number of rotatable bonds is 0. The van der Waals surface area contributed by atoms with Crippen LogP contribution >= 0.6 is 0 Å². The third-order valence-corrected chi connectivity index (χ3v) is 18.2. The first-order chi connectivity index (χ1) is 28.3. The fraction of sp³-hybridized carbons (Fsp3) is 0. The van der Waals surface area contributed by atoms with Crippen LogP contribution in [0.5, 0.6) is 0 Å². The van der Waals surface area contributed by atoms with E-state index >= 15 is 0 Å². The summed E-state index contributed by atoms with van der Waals surface area (Å²) in [6.45, 7) is 0. The van der Waals surface area contributed by atoms with E-state index in [1.54, 1.807) is 0 Å². The van der Waals surface area contributed by atoms with Gasteiger partial charge in [0.15, 0.2) is 0 Å². The lowest BCUT2D eigenvalue weighted by molar-refractivity contribution is 0.971. The molecule has 0 saturated carbocycles. The number of hydrogen-bond donors (Lipinski definition) is 0. The van der Waals surface area contributed by atoms with Crippen molar-refractivity contribution in [1.82, 2.24) is 16.9 Å². The SMILES string of the molecule is c1ccc2cc3c(cc2c1)c1ccc2c4cc5ccccc5cc4n4c2c1n3[Si]41n2c3cc4ccccc4cc3c3ccc4c5cc6ccccc6cc5n1c4c32. The minimum atomic E-state index is -3.41. The smallest absolute Gasteiger partial charge is 0.312 e. The highest BCUT2D eigenvalue weighted by atomic mass is 28.4. The molecule has 4 nitrogen and oxygen atoms in total. The molecular weight excluding hydrogens is 709 g/mol. The van der Waals surface area contributed by atoms with Crippen LogP contribution in [0.2, 0.25) is 0 Å². The van der Waals surface area contributed by atoms with E-state index in [0.29, 0.717) is 0 Å². The van der Waals surface area contributed by atoms with E-state index < -0.39 is 8.72 Å². The molecule has 0 unspecified atom stereocenters. The second-order valence-corrected chi connectivity index (χ2v) is 19.5.